The number of aromatic nitrogens is 3. The maximum atomic E-state index is 11.7. The Bertz CT molecular complexity index is 1200. The van der Waals surface area contributed by atoms with Crippen LogP contribution in [0, 0.1) is 0 Å². The van der Waals surface area contributed by atoms with Crippen molar-refractivity contribution in [1.82, 2.24) is 19.3 Å². The predicted octanol–water partition coefficient (Wildman–Crippen LogP) is 1.43. The lowest BCUT2D eigenvalue weighted by Gasteiger charge is -2.33. The van der Waals surface area contributed by atoms with E-state index in [4.69, 9.17) is 19.6 Å². The van der Waals surface area contributed by atoms with Crippen molar-refractivity contribution >= 4 is 26.9 Å². The number of nitrogens with two attached hydrogens (primary N) is 1. The summed E-state index contributed by atoms with van der Waals surface area (Å²) in [6.07, 6.45) is 2.19. The molecule has 0 bridgehead atoms. The number of anilines is 1. The Labute approximate surface area is 187 Å². The van der Waals surface area contributed by atoms with Crippen LogP contribution in [0.15, 0.2) is 42.7 Å². The summed E-state index contributed by atoms with van der Waals surface area (Å²) in [5, 5.41) is 5.28. The summed E-state index contributed by atoms with van der Waals surface area (Å²) in [4.78, 5) is 15.5. The van der Waals surface area contributed by atoms with E-state index in [9.17, 15) is 8.42 Å². The van der Waals surface area contributed by atoms with E-state index >= 15 is 0 Å². The largest absolute Gasteiger partial charge is 0.470 e. The van der Waals surface area contributed by atoms with Crippen LogP contribution in [0.3, 0.4) is 0 Å². The molecule has 32 heavy (non-hydrogen) atoms. The van der Waals surface area contributed by atoms with Crippen molar-refractivity contribution in [2.75, 3.05) is 38.7 Å². The molecule has 3 aromatic rings. The van der Waals surface area contributed by atoms with E-state index in [0.29, 0.717) is 22.6 Å². The van der Waals surface area contributed by atoms with E-state index in [1.54, 1.807) is 19.3 Å². The minimum Gasteiger partial charge on any atom is -0.470 e. The molecule has 0 unspecified atom stereocenters. The number of pyridine rings is 1. The standard InChI is InChI=1S/C21H26N6O4S/c1-14(19-13-27(10-11-30-19)32(22,28)29)31-21-20-18(23-8-9-24-20)12-17(25-21)15-4-6-16(7-5-15)26(2)3/h4-9,12,14,19H,10-11,13H2,1-3H3,(H2,22,28,29)/t14-,19-/m0/s1. The van der Waals surface area contributed by atoms with Crippen LogP contribution in [-0.4, -0.2) is 73.7 Å². The van der Waals surface area contributed by atoms with E-state index in [1.165, 1.54) is 4.31 Å². The molecule has 2 N–H and O–H groups in total. The van der Waals surface area contributed by atoms with Gasteiger partial charge in [-0.1, -0.05) is 12.1 Å². The van der Waals surface area contributed by atoms with E-state index in [-0.39, 0.29) is 19.7 Å². The first kappa shape index (κ1) is 22.3. The fourth-order valence-corrected chi connectivity index (χ4v) is 4.21. The lowest BCUT2D eigenvalue weighted by Crippen LogP contribution is -2.52. The van der Waals surface area contributed by atoms with Crippen molar-refractivity contribution in [3.05, 3.63) is 42.7 Å². The van der Waals surface area contributed by atoms with Crippen LogP contribution < -0.4 is 14.8 Å². The summed E-state index contributed by atoms with van der Waals surface area (Å²) in [7, 11) is 0.169. The summed E-state index contributed by atoms with van der Waals surface area (Å²) >= 11 is 0. The van der Waals surface area contributed by atoms with Crippen LogP contribution in [0.4, 0.5) is 5.69 Å². The number of fused-ring (bicyclic) bond motifs is 1. The zero-order chi connectivity index (χ0) is 22.9. The molecular formula is C21H26N6O4S. The molecule has 0 amide bonds. The minimum atomic E-state index is -3.80. The SMILES string of the molecule is C[C@H](Oc1nc(-c2ccc(N(C)C)cc2)cc2nccnc12)[C@@H]1CN(S(N)(=O)=O)CCO1. The highest BCUT2D eigenvalue weighted by Crippen LogP contribution is 2.29. The molecule has 1 aliphatic heterocycles. The second-order valence-corrected chi connectivity index (χ2v) is 9.36. The topological polar surface area (TPSA) is 124 Å². The smallest absolute Gasteiger partial charge is 0.277 e. The Morgan fingerprint density at radius 2 is 1.94 bits per heavy atom. The fourth-order valence-electron chi connectivity index (χ4n) is 3.52. The first-order valence-electron chi connectivity index (χ1n) is 10.2. The molecule has 11 heteroatoms. The van der Waals surface area contributed by atoms with Crippen molar-refractivity contribution in [3.63, 3.8) is 0 Å². The summed E-state index contributed by atoms with van der Waals surface area (Å²) in [5.41, 5.74) is 3.85. The molecule has 2 atom stereocenters. The molecule has 1 saturated heterocycles. The van der Waals surface area contributed by atoms with Gasteiger partial charge in [0.15, 0.2) is 5.52 Å². The van der Waals surface area contributed by atoms with Gasteiger partial charge in [0.05, 0.1) is 17.8 Å². The van der Waals surface area contributed by atoms with Crippen LogP contribution in [0.5, 0.6) is 5.88 Å². The lowest BCUT2D eigenvalue weighted by molar-refractivity contribution is -0.0567. The molecule has 4 rings (SSSR count). The summed E-state index contributed by atoms with van der Waals surface area (Å²) in [6, 6.07) is 9.87. The molecule has 0 radical (unpaired) electrons. The molecule has 10 nitrogen and oxygen atoms in total. The highest BCUT2D eigenvalue weighted by Gasteiger charge is 2.32. The Hall–Kier alpha value is -2.86. The molecule has 170 valence electrons. The normalized spacial score (nSPS) is 18.4. The van der Waals surface area contributed by atoms with Gasteiger partial charge in [-0.3, -0.25) is 4.98 Å². The first-order chi connectivity index (χ1) is 15.2. The Kier molecular flexibility index (Phi) is 6.24. The molecular weight excluding hydrogens is 432 g/mol. The van der Waals surface area contributed by atoms with Gasteiger partial charge in [0.25, 0.3) is 10.2 Å². The number of benzene rings is 1. The average molecular weight is 459 g/mol. The van der Waals surface area contributed by atoms with Crippen LogP contribution >= 0.6 is 0 Å². The molecule has 0 aliphatic carbocycles. The number of rotatable bonds is 6. The number of hydrogen-bond acceptors (Lipinski definition) is 8. The third-order valence-electron chi connectivity index (χ3n) is 5.34. The van der Waals surface area contributed by atoms with E-state index in [2.05, 4.69) is 9.97 Å². The first-order valence-corrected chi connectivity index (χ1v) is 11.7. The second-order valence-electron chi connectivity index (χ2n) is 7.81. The second kappa shape index (κ2) is 8.94. The summed E-state index contributed by atoms with van der Waals surface area (Å²) < 4.78 is 36.5. The molecule has 1 aliphatic rings. The summed E-state index contributed by atoms with van der Waals surface area (Å²) in [5.74, 6) is 0.311. The van der Waals surface area contributed by atoms with Crippen LogP contribution in [0.25, 0.3) is 22.3 Å². The molecule has 1 aromatic carbocycles. The minimum absolute atomic E-state index is 0.106. The predicted molar refractivity (Wildman–Crippen MR) is 122 cm³/mol. The average Bonchev–Trinajstić information content (AvgIpc) is 2.78. The number of nitrogens with zero attached hydrogens (tertiary/aromatic N) is 5. The Morgan fingerprint density at radius 3 is 2.62 bits per heavy atom. The van der Waals surface area contributed by atoms with Gasteiger partial charge in [-0.15, -0.1) is 0 Å². The van der Waals surface area contributed by atoms with E-state index in [1.807, 2.05) is 49.3 Å². The van der Waals surface area contributed by atoms with Crippen molar-refractivity contribution in [2.45, 2.75) is 19.1 Å². The quantitative estimate of drug-likeness (QED) is 0.588. The third kappa shape index (κ3) is 4.80. The van der Waals surface area contributed by atoms with Gasteiger partial charge >= 0.3 is 0 Å². The van der Waals surface area contributed by atoms with Gasteiger partial charge in [0.1, 0.15) is 12.2 Å². The van der Waals surface area contributed by atoms with E-state index < -0.39 is 22.4 Å². The molecule has 0 spiro atoms. The van der Waals surface area contributed by atoms with E-state index in [0.717, 1.165) is 11.3 Å². The van der Waals surface area contributed by atoms with Crippen molar-refractivity contribution < 1.29 is 17.9 Å². The zero-order valence-corrected chi connectivity index (χ0v) is 19.0. The Balaban J connectivity index is 1.64. The highest BCUT2D eigenvalue weighted by atomic mass is 32.2. The monoisotopic (exact) mass is 458 g/mol. The van der Waals surface area contributed by atoms with Gasteiger partial charge < -0.3 is 14.4 Å². The Morgan fingerprint density at radius 1 is 1.22 bits per heavy atom. The van der Waals surface area contributed by atoms with Gasteiger partial charge in [0.2, 0.25) is 5.88 Å². The fraction of sp³-hybridized carbons (Fsp3) is 0.381. The molecule has 3 heterocycles. The summed E-state index contributed by atoms with van der Waals surface area (Å²) in [6.45, 7) is 2.36. The molecule has 1 fully saturated rings. The van der Waals surface area contributed by atoms with Crippen molar-refractivity contribution in [2.24, 2.45) is 5.14 Å². The van der Waals surface area contributed by atoms with Crippen LogP contribution in [-0.2, 0) is 14.9 Å². The van der Waals surface area contributed by atoms with Crippen molar-refractivity contribution in [3.8, 4) is 17.1 Å². The third-order valence-corrected chi connectivity index (χ3v) is 6.39. The van der Waals surface area contributed by atoms with Crippen LogP contribution in [0.2, 0.25) is 0 Å². The van der Waals surface area contributed by atoms with Gasteiger partial charge in [-0.25, -0.2) is 15.1 Å². The molecule has 0 saturated carbocycles. The number of hydrogen-bond donors (Lipinski definition) is 1. The number of ether oxygens (including phenoxy) is 2. The number of morpholine rings is 1. The van der Waals surface area contributed by atoms with Gasteiger partial charge in [0, 0.05) is 50.8 Å². The van der Waals surface area contributed by atoms with Gasteiger partial charge in [-0.2, -0.15) is 12.7 Å². The lowest BCUT2D eigenvalue weighted by atomic mass is 10.1. The molecule has 2 aromatic heterocycles. The highest BCUT2D eigenvalue weighted by molar-refractivity contribution is 7.86. The maximum Gasteiger partial charge on any atom is 0.277 e. The maximum absolute atomic E-state index is 11.7. The zero-order valence-electron chi connectivity index (χ0n) is 18.2. The van der Waals surface area contributed by atoms with Crippen LogP contribution in [0.1, 0.15) is 6.92 Å². The van der Waals surface area contributed by atoms with Gasteiger partial charge in [-0.05, 0) is 25.1 Å². The van der Waals surface area contributed by atoms with Crippen molar-refractivity contribution in [1.29, 1.82) is 0 Å².